The summed E-state index contributed by atoms with van der Waals surface area (Å²) in [6.07, 6.45) is 4.96. The van der Waals surface area contributed by atoms with E-state index in [0.717, 1.165) is 25.3 Å². The molecule has 2 unspecified atom stereocenters. The maximum Gasteiger partial charge on any atom is 0.292 e. The molecule has 0 spiro atoms. The lowest BCUT2D eigenvalue weighted by molar-refractivity contribution is -0.383. The molecule has 1 aromatic rings. The third kappa shape index (κ3) is 2.95. The molecular formula is C15H22N4O2. The number of nitro groups is 1. The van der Waals surface area contributed by atoms with Gasteiger partial charge < -0.3 is 16.0 Å². The Bertz CT molecular complexity index is 528. The Kier molecular flexibility index (Phi) is 3.96. The molecule has 114 valence electrons. The number of anilines is 2. The van der Waals surface area contributed by atoms with Crippen LogP contribution in [0.1, 0.15) is 25.7 Å². The summed E-state index contributed by atoms with van der Waals surface area (Å²) in [6, 6.07) is 5.70. The van der Waals surface area contributed by atoms with Crippen molar-refractivity contribution in [2.75, 3.05) is 30.3 Å². The summed E-state index contributed by atoms with van der Waals surface area (Å²) in [5.41, 5.74) is 7.05. The number of nitrogens with one attached hydrogen (secondary N) is 1. The van der Waals surface area contributed by atoms with Gasteiger partial charge in [0.25, 0.3) is 5.69 Å². The Morgan fingerprint density at radius 2 is 2.19 bits per heavy atom. The Balaban J connectivity index is 1.73. The van der Waals surface area contributed by atoms with Gasteiger partial charge in [0, 0.05) is 30.9 Å². The van der Waals surface area contributed by atoms with Gasteiger partial charge in [-0.2, -0.15) is 0 Å². The largest absolute Gasteiger partial charge is 0.393 e. The fraction of sp³-hybridized carbons (Fsp3) is 0.600. The number of nitrogen functional groups attached to an aromatic ring is 1. The first-order chi connectivity index (χ1) is 10.1. The summed E-state index contributed by atoms with van der Waals surface area (Å²) >= 11 is 0. The van der Waals surface area contributed by atoms with E-state index >= 15 is 0 Å². The van der Waals surface area contributed by atoms with Crippen LogP contribution >= 0.6 is 0 Å². The van der Waals surface area contributed by atoms with Crippen LogP contribution < -0.4 is 16.0 Å². The van der Waals surface area contributed by atoms with Crippen LogP contribution in [0.5, 0.6) is 0 Å². The Morgan fingerprint density at radius 1 is 1.33 bits per heavy atom. The van der Waals surface area contributed by atoms with Crippen molar-refractivity contribution in [3.05, 3.63) is 28.3 Å². The highest BCUT2D eigenvalue weighted by molar-refractivity contribution is 5.66. The molecule has 2 aliphatic heterocycles. The predicted molar refractivity (Wildman–Crippen MR) is 83.5 cm³/mol. The maximum atomic E-state index is 10.8. The zero-order chi connectivity index (χ0) is 14.8. The number of nitrogens with two attached hydrogens (primary N) is 1. The average Bonchev–Trinajstić information content (AvgIpc) is 3.01. The summed E-state index contributed by atoms with van der Waals surface area (Å²) in [7, 11) is 0. The quantitative estimate of drug-likeness (QED) is 0.506. The van der Waals surface area contributed by atoms with Crippen LogP contribution in [0.15, 0.2) is 18.2 Å². The fourth-order valence-corrected chi connectivity index (χ4v) is 3.59. The summed E-state index contributed by atoms with van der Waals surface area (Å²) in [6.45, 7) is 3.14. The molecule has 1 aromatic carbocycles. The lowest BCUT2D eigenvalue weighted by atomic mass is 9.89. The number of benzene rings is 1. The van der Waals surface area contributed by atoms with Crippen molar-refractivity contribution in [2.45, 2.75) is 31.7 Å². The molecule has 3 rings (SSSR count). The van der Waals surface area contributed by atoms with Gasteiger partial charge >= 0.3 is 0 Å². The SMILES string of the molecule is Nc1cc(N2CCCC(C3CCCN3)C2)ccc1[N+](=O)[O-]. The molecule has 3 N–H and O–H groups in total. The van der Waals surface area contributed by atoms with Crippen molar-refractivity contribution in [2.24, 2.45) is 5.92 Å². The summed E-state index contributed by atoms with van der Waals surface area (Å²) in [4.78, 5) is 12.7. The molecule has 0 saturated carbocycles. The van der Waals surface area contributed by atoms with Crippen LogP contribution in [-0.2, 0) is 0 Å². The number of nitro benzene ring substituents is 1. The molecule has 2 atom stereocenters. The smallest absolute Gasteiger partial charge is 0.292 e. The number of nitrogens with zero attached hydrogens (tertiary/aromatic N) is 2. The minimum Gasteiger partial charge on any atom is -0.393 e. The fourth-order valence-electron chi connectivity index (χ4n) is 3.59. The van der Waals surface area contributed by atoms with Gasteiger partial charge in [-0.15, -0.1) is 0 Å². The highest BCUT2D eigenvalue weighted by Gasteiger charge is 2.29. The second-order valence-electron chi connectivity index (χ2n) is 6.05. The normalized spacial score (nSPS) is 26.0. The van der Waals surface area contributed by atoms with E-state index in [2.05, 4.69) is 10.2 Å². The van der Waals surface area contributed by atoms with Crippen LogP contribution in [0.25, 0.3) is 0 Å². The topological polar surface area (TPSA) is 84.4 Å². The van der Waals surface area contributed by atoms with E-state index in [-0.39, 0.29) is 11.4 Å². The number of rotatable bonds is 3. The zero-order valence-electron chi connectivity index (χ0n) is 12.1. The van der Waals surface area contributed by atoms with Crippen molar-refractivity contribution >= 4 is 17.1 Å². The third-order valence-corrected chi connectivity index (χ3v) is 4.70. The van der Waals surface area contributed by atoms with Crippen molar-refractivity contribution in [3.63, 3.8) is 0 Å². The van der Waals surface area contributed by atoms with Gasteiger partial charge in [0.2, 0.25) is 0 Å². The molecule has 0 bridgehead atoms. The van der Waals surface area contributed by atoms with E-state index in [1.54, 1.807) is 6.07 Å². The van der Waals surface area contributed by atoms with E-state index in [9.17, 15) is 10.1 Å². The predicted octanol–water partition coefficient (Wildman–Crippen LogP) is 2.15. The first kappa shape index (κ1) is 14.1. The first-order valence-corrected chi connectivity index (χ1v) is 7.67. The number of piperidine rings is 1. The summed E-state index contributed by atoms with van der Waals surface area (Å²) in [5, 5.41) is 14.4. The molecule has 0 amide bonds. The lowest BCUT2D eigenvalue weighted by Gasteiger charge is -2.37. The van der Waals surface area contributed by atoms with Crippen molar-refractivity contribution in [1.29, 1.82) is 0 Å². The van der Waals surface area contributed by atoms with E-state index < -0.39 is 4.92 Å². The molecule has 6 heteroatoms. The molecule has 21 heavy (non-hydrogen) atoms. The highest BCUT2D eigenvalue weighted by atomic mass is 16.6. The molecule has 2 fully saturated rings. The van der Waals surface area contributed by atoms with Crippen LogP contribution in [0.4, 0.5) is 17.1 Å². The average molecular weight is 290 g/mol. The Morgan fingerprint density at radius 3 is 2.86 bits per heavy atom. The third-order valence-electron chi connectivity index (χ3n) is 4.70. The van der Waals surface area contributed by atoms with Crippen molar-refractivity contribution in [1.82, 2.24) is 5.32 Å². The molecule has 2 aliphatic rings. The molecule has 6 nitrogen and oxygen atoms in total. The van der Waals surface area contributed by atoms with Crippen LogP contribution in [0.3, 0.4) is 0 Å². The van der Waals surface area contributed by atoms with Gasteiger partial charge in [-0.3, -0.25) is 10.1 Å². The van der Waals surface area contributed by atoms with Crippen LogP contribution in [-0.4, -0.2) is 30.6 Å². The standard InChI is InChI=1S/C15H22N4O2/c16-13-9-12(5-6-15(13)19(20)21)18-8-2-3-11(10-18)14-4-1-7-17-14/h5-6,9,11,14,17H,1-4,7-8,10,16H2. The highest BCUT2D eigenvalue weighted by Crippen LogP contribution is 2.31. The van der Waals surface area contributed by atoms with E-state index in [0.29, 0.717) is 12.0 Å². The first-order valence-electron chi connectivity index (χ1n) is 7.67. The molecular weight excluding hydrogens is 268 g/mol. The van der Waals surface area contributed by atoms with E-state index in [1.807, 2.05) is 6.07 Å². The second kappa shape index (κ2) is 5.89. The monoisotopic (exact) mass is 290 g/mol. The lowest BCUT2D eigenvalue weighted by Crippen LogP contribution is -2.43. The molecule has 0 radical (unpaired) electrons. The molecule has 2 heterocycles. The maximum absolute atomic E-state index is 10.8. The minimum atomic E-state index is -0.430. The molecule has 0 aliphatic carbocycles. The van der Waals surface area contributed by atoms with Crippen molar-refractivity contribution < 1.29 is 4.92 Å². The van der Waals surface area contributed by atoms with E-state index in [4.69, 9.17) is 5.73 Å². The number of hydrogen-bond acceptors (Lipinski definition) is 5. The number of hydrogen-bond donors (Lipinski definition) is 2. The van der Waals surface area contributed by atoms with Crippen molar-refractivity contribution in [3.8, 4) is 0 Å². The molecule has 2 saturated heterocycles. The van der Waals surface area contributed by atoms with Gasteiger partial charge in [-0.05, 0) is 50.3 Å². The van der Waals surface area contributed by atoms with E-state index in [1.165, 1.54) is 31.7 Å². The second-order valence-corrected chi connectivity index (χ2v) is 6.05. The Hall–Kier alpha value is -1.82. The summed E-state index contributed by atoms with van der Waals surface area (Å²) < 4.78 is 0. The zero-order valence-corrected chi connectivity index (χ0v) is 12.1. The van der Waals surface area contributed by atoms with Gasteiger partial charge in [-0.25, -0.2) is 0 Å². The van der Waals surface area contributed by atoms with Crippen LogP contribution in [0.2, 0.25) is 0 Å². The van der Waals surface area contributed by atoms with Gasteiger partial charge in [-0.1, -0.05) is 0 Å². The van der Waals surface area contributed by atoms with Gasteiger partial charge in [0.15, 0.2) is 0 Å². The van der Waals surface area contributed by atoms with Gasteiger partial charge in [0.05, 0.1) is 4.92 Å². The van der Waals surface area contributed by atoms with Crippen LogP contribution in [0, 0.1) is 16.0 Å². The minimum absolute atomic E-state index is 0.00947. The van der Waals surface area contributed by atoms with Gasteiger partial charge in [0.1, 0.15) is 5.69 Å². The molecule has 0 aromatic heterocycles. The Labute approximate surface area is 124 Å². The summed E-state index contributed by atoms with van der Waals surface area (Å²) in [5.74, 6) is 0.665.